The van der Waals surface area contributed by atoms with Gasteiger partial charge in [-0.15, -0.1) is 0 Å². The predicted molar refractivity (Wildman–Crippen MR) is 68.8 cm³/mol. The van der Waals surface area contributed by atoms with Gasteiger partial charge in [0.1, 0.15) is 0 Å². The van der Waals surface area contributed by atoms with Crippen molar-refractivity contribution in [2.24, 2.45) is 0 Å². The van der Waals surface area contributed by atoms with Crippen molar-refractivity contribution in [2.75, 3.05) is 13.1 Å². The van der Waals surface area contributed by atoms with E-state index in [-0.39, 0.29) is 13.1 Å². The van der Waals surface area contributed by atoms with Gasteiger partial charge in [0, 0.05) is 18.5 Å². The summed E-state index contributed by atoms with van der Waals surface area (Å²) in [6.45, 7) is 1.94. The molecule has 0 spiro atoms. The van der Waals surface area contributed by atoms with Crippen molar-refractivity contribution in [2.45, 2.75) is 25.9 Å². The maximum absolute atomic E-state index is 12.5. The SMILES string of the molecule is Cc1noc2cc3c(cc12)CCN(C(=O)C(F)(F)F)CC3. The van der Waals surface area contributed by atoms with Crippen molar-refractivity contribution in [3.63, 3.8) is 0 Å². The molecule has 0 aliphatic carbocycles. The lowest BCUT2D eigenvalue weighted by molar-refractivity contribution is -0.185. The first-order valence-electron chi connectivity index (χ1n) is 6.60. The molecule has 21 heavy (non-hydrogen) atoms. The molecule has 2 aromatic rings. The van der Waals surface area contributed by atoms with E-state index in [4.69, 9.17) is 4.52 Å². The van der Waals surface area contributed by atoms with Crippen LogP contribution in [-0.4, -0.2) is 35.2 Å². The van der Waals surface area contributed by atoms with E-state index in [1.807, 2.05) is 19.1 Å². The third-order valence-corrected chi connectivity index (χ3v) is 3.80. The van der Waals surface area contributed by atoms with Gasteiger partial charge in [0.2, 0.25) is 0 Å². The van der Waals surface area contributed by atoms with Crippen molar-refractivity contribution in [1.82, 2.24) is 10.1 Å². The van der Waals surface area contributed by atoms with E-state index in [1.165, 1.54) is 0 Å². The van der Waals surface area contributed by atoms with Gasteiger partial charge in [-0.2, -0.15) is 13.2 Å². The minimum absolute atomic E-state index is 0.0595. The zero-order valence-electron chi connectivity index (χ0n) is 11.3. The molecule has 2 heterocycles. The highest BCUT2D eigenvalue weighted by molar-refractivity contribution is 5.83. The van der Waals surface area contributed by atoms with Crippen LogP contribution >= 0.6 is 0 Å². The van der Waals surface area contributed by atoms with Gasteiger partial charge in [-0.25, -0.2) is 0 Å². The Hall–Kier alpha value is -2.05. The van der Waals surface area contributed by atoms with Crippen LogP contribution in [0.25, 0.3) is 11.0 Å². The predicted octanol–water partition coefficient (Wildman–Crippen LogP) is 2.63. The lowest BCUT2D eigenvalue weighted by atomic mass is 10.0. The molecule has 3 rings (SSSR count). The number of nitrogens with zero attached hydrogens (tertiary/aromatic N) is 2. The van der Waals surface area contributed by atoms with Crippen LogP contribution in [0.3, 0.4) is 0 Å². The Balaban J connectivity index is 1.89. The quantitative estimate of drug-likeness (QED) is 0.751. The van der Waals surface area contributed by atoms with Gasteiger partial charge >= 0.3 is 12.1 Å². The van der Waals surface area contributed by atoms with Crippen LogP contribution in [0.4, 0.5) is 13.2 Å². The number of carbonyl (C=O) groups excluding carboxylic acids is 1. The van der Waals surface area contributed by atoms with Gasteiger partial charge < -0.3 is 9.42 Å². The molecule has 1 aliphatic rings. The molecule has 4 nitrogen and oxygen atoms in total. The van der Waals surface area contributed by atoms with Gasteiger partial charge in [-0.1, -0.05) is 5.16 Å². The summed E-state index contributed by atoms with van der Waals surface area (Å²) in [6.07, 6.45) is -4.03. The number of aryl methyl sites for hydroxylation is 1. The molecule has 1 aromatic carbocycles. The molecule has 0 bridgehead atoms. The van der Waals surface area contributed by atoms with Crippen molar-refractivity contribution >= 4 is 16.9 Å². The van der Waals surface area contributed by atoms with Gasteiger partial charge in [0.05, 0.1) is 5.69 Å². The normalized spacial score (nSPS) is 15.9. The minimum atomic E-state index is -4.81. The summed E-state index contributed by atoms with van der Waals surface area (Å²) in [5.41, 5.74) is 3.24. The van der Waals surface area contributed by atoms with Crippen LogP contribution in [0, 0.1) is 6.92 Å². The molecule has 1 amide bonds. The number of amides is 1. The summed E-state index contributed by atoms with van der Waals surface area (Å²) >= 11 is 0. The summed E-state index contributed by atoms with van der Waals surface area (Å²) in [7, 11) is 0. The van der Waals surface area contributed by atoms with Gasteiger partial charge in [0.15, 0.2) is 5.58 Å². The Morgan fingerprint density at radius 2 is 1.86 bits per heavy atom. The number of rotatable bonds is 0. The van der Waals surface area contributed by atoms with E-state index in [2.05, 4.69) is 5.16 Å². The first kappa shape index (κ1) is 13.9. The Labute approximate surface area is 118 Å². The summed E-state index contributed by atoms with van der Waals surface area (Å²) in [6, 6.07) is 3.71. The molecule has 1 aliphatic heterocycles. The largest absolute Gasteiger partial charge is 0.471 e. The van der Waals surface area contributed by atoms with Crippen LogP contribution < -0.4 is 0 Å². The van der Waals surface area contributed by atoms with Crippen molar-refractivity contribution < 1.29 is 22.5 Å². The van der Waals surface area contributed by atoms with Gasteiger partial charge in [0.25, 0.3) is 0 Å². The van der Waals surface area contributed by atoms with Crippen LogP contribution in [0.5, 0.6) is 0 Å². The molecule has 0 saturated heterocycles. The number of benzene rings is 1. The van der Waals surface area contributed by atoms with E-state index >= 15 is 0 Å². The highest BCUT2D eigenvalue weighted by Crippen LogP contribution is 2.27. The Morgan fingerprint density at radius 1 is 1.24 bits per heavy atom. The minimum Gasteiger partial charge on any atom is -0.356 e. The molecule has 0 fully saturated rings. The van der Waals surface area contributed by atoms with E-state index in [1.54, 1.807) is 0 Å². The summed E-state index contributed by atoms with van der Waals surface area (Å²) < 4.78 is 42.7. The fourth-order valence-electron chi connectivity index (χ4n) is 2.66. The molecule has 112 valence electrons. The van der Waals surface area contributed by atoms with Crippen molar-refractivity contribution in [3.8, 4) is 0 Å². The molecule has 0 atom stereocenters. The van der Waals surface area contributed by atoms with Crippen LogP contribution in [0.1, 0.15) is 16.8 Å². The average Bonchev–Trinajstić information content (AvgIpc) is 2.66. The smallest absolute Gasteiger partial charge is 0.356 e. The highest BCUT2D eigenvalue weighted by Gasteiger charge is 2.42. The second kappa shape index (κ2) is 4.75. The fraction of sp³-hybridized carbons (Fsp3) is 0.429. The number of aromatic nitrogens is 1. The molecule has 0 radical (unpaired) electrons. The number of carbonyl (C=O) groups is 1. The van der Waals surface area contributed by atoms with E-state index < -0.39 is 12.1 Å². The molecule has 0 unspecified atom stereocenters. The molecule has 7 heteroatoms. The van der Waals surface area contributed by atoms with E-state index in [0.29, 0.717) is 18.4 Å². The standard InChI is InChI=1S/C14H13F3N2O2/c1-8-11-6-9-2-4-19(13(20)14(15,16)17)5-3-10(9)7-12(11)21-18-8/h6-7H,2-5H2,1H3. The number of halogens is 3. The van der Waals surface area contributed by atoms with E-state index in [0.717, 1.165) is 27.1 Å². The lowest BCUT2D eigenvalue weighted by Gasteiger charge is -2.21. The van der Waals surface area contributed by atoms with Crippen LogP contribution in [-0.2, 0) is 17.6 Å². The molecule has 0 saturated carbocycles. The second-order valence-corrected chi connectivity index (χ2v) is 5.18. The molecular weight excluding hydrogens is 285 g/mol. The summed E-state index contributed by atoms with van der Waals surface area (Å²) in [5.74, 6) is -1.77. The van der Waals surface area contributed by atoms with Crippen molar-refractivity contribution in [1.29, 1.82) is 0 Å². The molecule has 0 N–H and O–H groups in total. The summed E-state index contributed by atoms with van der Waals surface area (Å²) in [4.78, 5) is 12.2. The van der Waals surface area contributed by atoms with Crippen molar-refractivity contribution in [3.05, 3.63) is 29.0 Å². The zero-order chi connectivity index (χ0) is 15.2. The van der Waals surface area contributed by atoms with E-state index in [9.17, 15) is 18.0 Å². The topological polar surface area (TPSA) is 46.3 Å². The fourth-order valence-corrected chi connectivity index (χ4v) is 2.66. The lowest BCUT2D eigenvalue weighted by Crippen LogP contribution is -2.42. The highest BCUT2D eigenvalue weighted by atomic mass is 19.4. The maximum atomic E-state index is 12.5. The number of hydrogen-bond acceptors (Lipinski definition) is 3. The first-order valence-corrected chi connectivity index (χ1v) is 6.60. The van der Waals surface area contributed by atoms with Crippen LogP contribution in [0.15, 0.2) is 16.7 Å². The number of hydrogen-bond donors (Lipinski definition) is 0. The number of fused-ring (bicyclic) bond motifs is 2. The molecular formula is C14H13F3N2O2. The molecule has 1 aromatic heterocycles. The van der Waals surface area contributed by atoms with Gasteiger partial charge in [-0.3, -0.25) is 4.79 Å². The Morgan fingerprint density at radius 3 is 2.48 bits per heavy atom. The third-order valence-electron chi connectivity index (χ3n) is 3.80. The first-order chi connectivity index (χ1) is 9.86. The third kappa shape index (κ3) is 2.48. The summed E-state index contributed by atoms with van der Waals surface area (Å²) in [5, 5.41) is 4.74. The second-order valence-electron chi connectivity index (χ2n) is 5.18. The number of alkyl halides is 3. The van der Waals surface area contributed by atoms with Crippen LogP contribution in [0.2, 0.25) is 0 Å². The zero-order valence-corrected chi connectivity index (χ0v) is 11.3. The maximum Gasteiger partial charge on any atom is 0.471 e. The Bertz CT molecular complexity index is 706. The monoisotopic (exact) mass is 298 g/mol. The Kier molecular flexibility index (Phi) is 3.15. The average molecular weight is 298 g/mol. The van der Waals surface area contributed by atoms with Gasteiger partial charge in [-0.05, 0) is 43.0 Å².